The highest BCUT2D eigenvalue weighted by Crippen LogP contribution is 2.11. The van der Waals surface area contributed by atoms with Crippen molar-refractivity contribution < 1.29 is 9.21 Å². The van der Waals surface area contributed by atoms with Gasteiger partial charge in [-0.05, 0) is 19.8 Å². The van der Waals surface area contributed by atoms with E-state index in [1.54, 1.807) is 6.92 Å². The fourth-order valence-electron chi connectivity index (χ4n) is 1.11. The van der Waals surface area contributed by atoms with Crippen LogP contribution < -0.4 is 16.8 Å². The van der Waals surface area contributed by atoms with Crippen LogP contribution in [0.25, 0.3) is 0 Å². The summed E-state index contributed by atoms with van der Waals surface area (Å²) in [5.74, 6) is 0.122. The average molecular weight is 227 g/mol. The normalized spacial score (nSPS) is 12.4. The fourth-order valence-corrected chi connectivity index (χ4v) is 1.11. The highest BCUT2D eigenvalue weighted by molar-refractivity contribution is 5.73. The maximum Gasteiger partial charge on any atom is 0.315 e. The van der Waals surface area contributed by atoms with Gasteiger partial charge in [-0.1, -0.05) is 5.10 Å². The van der Waals surface area contributed by atoms with E-state index in [2.05, 4.69) is 15.5 Å². The van der Waals surface area contributed by atoms with Crippen molar-refractivity contribution in [2.75, 3.05) is 11.9 Å². The van der Waals surface area contributed by atoms with E-state index in [-0.39, 0.29) is 11.9 Å². The van der Waals surface area contributed by atoms with Crippen LogP contribution in [0.1, 0.15) is 38.1 Å². The molecule has 0 aliphatic heterocycles. The topological polar surface area (TPSA) is 120 Å². The Labute approximate surface area is 93.6 Å². The second-order valence-electron chi connectivity index (χ2n) is 3.58. The van der Waals surface area contributed by atoms with Crippen molar-refractivity contribution in [2.24, 2.45) is 11.5 Å². The predicted octanol–water partition coefficient (Wildman–Crippen LogP) is 0.157. The molecule has 16 heavy (non-hydrogen) atoms. The van der Waals surface area contributed by atoms with Crippen LogP contribution in [0.15, 0.2) is 4.42 Å². The number of primary amides is 1. The summed E-state index contributed by atoms with van der Waals surface area (Å²) in [6.07, 6.45) is 1.96. The lowest BCUT2D eigenvalue weighted by molar-refractivity contribution is -0.118. The van der Waals surface area contributed by atoms with Gasteiger partial charge in [0.2, 0.25) is 11.8 Å². The molecule has 0 aliphatic rings. The predicted molar refractivity (Wildman–Crippen MR) is 58.4 cm³/mol. The van der Waals surface area contributed by atoms with E-state index in [0.29, 0.717) is 24.9 Å². The molecule has 1 aromatic rings. The van der Waals surface area contributed by atoms with Gasteiger partial charge in [0.25, 0.3) is 0 Å². The van der Waals surface area contributed by atoms with Gasteiger partial charge in [0.15, 0.2) is 0 Å². The first-order valence-electron chi connectivity index (χ1n) is 5.20. The summed E-state index contributed by atoms with van der Waals surface area (Å²) in [6, 6.07) is 0.0873. The Hall–Kier alpha value is -1.63. The summed E-state index contributed by atoms with van der Waals surface area (Å²) >= 11 is 0. The van der Waals surface area contributed by atoms with E-state index in [4.69, 9.17) is 15.9 Å². The Morgan fingerprint density at radius 1 is 1.50 bits per heavy atom. The van der Waals surface area contributed by atoms with E-state index in [1.807, 2.05) is 0 Å². The second-order valence-corrected chi connectivity index (χ2v) is 3.58. The van der Waals surface area contributed by atoms with Crippen LogP contribution in [-0.4, -0.2) is 22.6 Å². The highest BCUT2D eigenvalue weighted by atomic mass is 16.4. The second kappa shape index (κ2) is 6.06. The summed E-state index contributed by atoms with van der Waals surface area (Å²) in [4.78, 5) is 10.5. The van der Waals surface area contributed by atoms with Gasteiger partial charge < -0.3 is 21.2 Å². The molecule has 0 saturated heterocycles. The molecule has 0 radical (unpaired) electrons. The van der Waals surface area contributed by atoms with Crippen LogP contribution in [0.2, 0.25) is 0 Å². The number of aromatic nitrogens is 2. The molecule has 1 unspecified atom stereocenters. The third-order valence-electron chi connectivity index (χ3n) is 1.96. The maximum absolute atomic E-state index is 10.5. The SMILES string of the molecule is CC(N)c1nnc(NCCCCC(N)=O)o1. The van der Waals surface area contributed by atoms with Crippen LogP contribution >= 0.6 is 0 Å². The number of nitrogens with two attached hydrogens (primary N) is 2. The van der Waals surface area contributed by atoms with Gasteiger partial charge in [0, 0.05) is 13.0 Å². The standard InChI is InChI=1S/C9H17N5O2/c1-6(10)8-13-14-9(16-8)12-5-3-2-4-7(11)15/h6H,2-5,10H2,1H3,(H2,11,15)(H,12,14). The van der Waals surface area contributed by atoms with Crippen LogP contribution in [-0.2, 0) is 4.79 Å². The number of unbranched alkanes of at least 4 members (excludes halogenated alkanes) is 1. The van der Waals surface area contributed by atoms with Gasteiger partial charge in [-0.3, -0.25) is 4.79 Å². The minimum Gasteiger partial charge on any atom is -0.406 e. The molecule has 1 atom stereocenters. The first-order valence-corrected chi connectivity index (χ1v) is 5.20. The van der Waals surface area contributed by atoms with Gasteiger partial charge in [0.1, 0.15) is 0 Å². The van der Waals surface area contributed by atoms with E-state index < -0.39 is 0 Å². The van der Waals surface area contributed by atoms with Crippen molar-refractivity contribution in [3.05, 3.63) is 5.89 Å². The van der Waals surface area contributed by atoms with Gasteiger partial charge in [-0.25, -0.2) is 0 Å². The van der Waals surface area contributed by atoms with Crippen molar-refractivity contribution in [3.8, 4) is 0 Å². The van der Waals surface area contributed by atoms with Crippen molar-refractivity contribution in [1.82, 2.24) is 10.2 Å². The molecule has 7 nitrogen and oxygen atoms in total. The molecule has 1 amide bonds. The first-order chi connectivity index (χ1) is 7.59. The molecule has 0 spiro atoms. The smallest absolute Gasteiger partial charge is 0.315 e. The highest BCUT2D eigenvalue weighted by Gasteiger charge is 2.08. The largest absolute Gasteiger partial charge is 0.406 e. The maximum atomic E-state index is 10.5. The Bertz CT molecular complexity index is 336. The number of hydrogen-bond donors (Lipinski definition) is 3. The molecule has 5 N–H and O–H groups in total. The molecular weight excluding hydrogens is 210 g/mol. The number of hydrogen-bond acceptors (Lipinski definition) is 6. The summed E-state index contributed by atoms with van der Waals surface area (Å²) in [6.45, 7) is 2.43. The molecule has 90 valence electrons. The van der Waals surface area contributed by atoms with Gasteiger partial charge in [0.05, 0.1) is 6.04 Å². The lowest BCUT2D eigenvalue weighted by Crippen LogP contribution is -2.11. The first kappa shape index (κ1) is 12.4. The number of anilines is 1. The molecule has 1 rings (SSSR count). The Kier molecular flexibility index (Phi) is 4.71. The number of nitrogens with one attached hydrogen (secondary N) is 1. The molecule has 0 aliphatic carbocycles. The van der Waals surface area contributed by atoms with E-state index >= 15 is 0 Å². The number of carbonyl (C=O) groups excluding carboxylic acids is 1. The van der Waals surface area contributed by atoms with Gasteiger partial charge >= 0.3 is 6.01 Å². The third-order valence-corrected chi connectivity index (χ3v) is 1.96. The van der Waals surface area contributed by atoms with Crippen molar-refractivity contribution >= 4 is 11.9 Å². The van der Waals surface area contributed by atoms with Crippen LogP contribution in [0.5, 0.6) is 0 Å². The molecule has 0 aromatic carbocycles. The van der Waals surface area contributed by atoms with E-state index in [1.165, 1.54) is 0 Å². The number of carbonyl (C=O) groups is 1. The van der Waals surface area contributed by atoms with Gasteiger partial charge in [-0.15, -0.1) is 5.10 Å². The molecule has 0 fully saturated rings. The molecule has 0 saturated carbocycles. The number of nitrogens with zero attached hydrogens (tertiary/aromatic N) is 2. The molecule has 1 aromatic heterocycles. The van der Waals surface area contributed by atoms with E-state index in [0.717, 1.165) is 12.8 Å². The van der Waals surface area contributed by atoms with Crippen molar-refractivity contribution in [2.45, 2.75) is 32.2 Å². The quantitative estimate of drug-likeness (QED) is 0.570. The van der Waals surface area contributed by atoms with Crippen LogP contribution in [0.4, 0.5) is 6.01 Å². The molecule has 0 bridgehead atoms. The van der Waals surface area contributed by atoms with Gasteiger partial charge in [-0.2, -0.15) is 0 Å². The lowest BCUT2D eigenvalue weighted by atomic mass is 10.2. The fraction of sp³-hybridized carbons (Fsp3) is 0.667. The molecule has 1 heterocycles. The van der Waals surface area contributed by atoms with Crippen LogP contribution in [0.3, 0.4) is 0 Å². The zero-order valence-electron chi connectivity index (χ0n) is 9.27. The lowest BCUT2D eigenvalue weighted by Gasteiger charge is -2.00. The summed E-state index contributed by atoms with van der Waals surface area (Å²) < 4.78 is 5.22. The third kappa shape index (κ3) is 4.26. The Balaban J connectivity index is 2.19. The molecule has 7 heteroatoms. The number of rotatable bonds is 7. The van der Waals surface area contributed by atoms with Crippen LogP contribution in [0, 0.1) is 0 Å². The zero-order valence-corrected chi connectivity index (χ0v) is 9.27. The minimum absolute atomic E-state index is 0.266. The zero-order chi connectivity index (χ0) is 12.0. The summed E-state index contributed by atoms with van der Waals surface area (Å²) in [5.41, 5.74) is 10.6. The minimum atomic E-state index is -0.281. The van der Waals surface area contributed by atoms with Crippen molar-refractivity contribution in [3.63, 3.8) is 0 Å². The summed E-state index contributed by atoms with van der Waals surface area (Å²) in [7, 11) is 0. The van der Waals surface area contributed by atoms with E-state index in [9.17, 15) is 4.79 Å². The monoisotopic (exact) mass is 227 g/mol. The average Bonchev–Trinajstić information content (AvgIpc) is 2.65. The Morgan fingerprint density at radius 3 is 2.81 bits per heavy atom. The summed E-state index contributed by atoms with van der Waals surface area (Å²) in [5, 5.41) is 10.5. The molecular formula is C9H17N5O2. The Morgan fingerprint density at radius 2 is 2.25 bits per heavy atom. The number of amides is 1. The van der Waals surface area contributed by atoms with Crippen molar-refractivity contribution in [1.29, 1.82) is 0 Å².